The minimum atomic E-state index is 0.157. The van der Waals surface area contributed by atoms with Gasteiger partial charge in [-0.1, -0.05) is 15.9 Å². The summed E-state index contributed by atoms with van der Waals surface area (Å²) in [5, 5.41) is 10.3. The first-order chi connectivity index (χ1) is 7.67. The van der Waals surface area contributed by atoms with Crippen LogP contribution in [-0.2, 0) is 0 Å². The molecule has 1 aromatic rings. The highest BCUT2D eigenvalue weighted by molar-refractivity contribution is 9.09. The van der Waals surface area contributed by atoms with Gasteiger partial charge in [-0.15, -0.1) is 0 Å². The van der Waals surface area contributed by atoms with Gasteiger partial charge in [0.05, 0.1) is 12.7 Å². The van der Waals surface area contributed by atoms with E-state index in [-0.39, 0.29) is 5.75 Å². The van der Waals surface area contributed by atoms with Crippen molar-refractivity contribution in [1.29, 1.82) is 0 Å². The van der Waals surface area contributed by atoms with E-state index < -0.39 is 0 Å². The number of halogens is 1. The summed E-state index contributed by atoms with van der Waals surface area (Å²) < 4.78 is 10.9. The van der Waals surface area contributed by atoms with E-state index in [0.717, 1.165) is 16.5 Å². The second-order valence-corrected chi connectivity index (χ2v) is 4.26. The molecule has 0 saturated heterocycles. The monoisotopic (exact) mass is 284 g/mol. The first kappa shape index (κ1) is 11.3. The summed E-state index contributed by atoms with van der Waals surface area (Å²) in [7, 11) is 1.59. The second kappa shape index (κ2) is 4.37. The van der Waals surface area contributed by atoms with E-state index in [9.17, 15) is 5.11 Å². The second-order valence-electron chi connectivity index (χ2n) is 3.70. The van der Waals surface area contributed by atoms with Crippen molar-refractivity contribution < 1.29 is 14.6 Å². The standard InChI is InChI=1S/C12H13BrO3/c1-7-6-16-11-4-8(14)3-10(15-2)12(11)9(7)5-13/h3-4,14H,5-6H2,1-2H3. The fraction of sp³-hybridized carbons (Fsp3) is 0.333. The van der Waals surface area contributed by atoms with E-state index in [1.54, 1.807) is 19.2 Å². The average molecular weight is 285 g/mol. The van der Waals surface area contributed by atoms with Gasteiger partial charge in [-0.2, -0.15) is 0 Å². The molecule has 0 bridgehead atoms. The van der Waals surface area contributed by atoms with E-state index in [4.69, 9.17) is 9.47 Å². The lowest BCUT2D eigenvalue weighted by Gasteiger charge is -2.23. The van der Waals surface area contributed by atoms with Crippen molar-refractivity contribution >= 4 is 21.5 Å². The van der Waals surface area contributed by atoms with Crippen LogP contribution in [0.4, 0.5) is 0 Å². The maximum atomic E-state index is 9.54. The van der Waals surface area contributed by atoms with Crippen LogP contribution in [0, 0.1) is 0 Å². The summed E-state index contributed by atoms with van der Waals surface area (Å²) in [6, 6.07) is 3.22. The zero-order valence-corrected chi connectivity index (χ0v) is 10.8. The number of aromatic hydroxyl groups is 1. The normalized spacial score (nSPS) is 14.4. The zero-order chi connectivity index (χ0) is 11.7. The molecule has 0 radical (unpaired) electrons. The van der Waals surface area contributed by atoms with Gasteiger partial charge in [0.15, 0.2) is 0 Å². The van der Waals surface area contributed by atoms with Crippen LogP contribution in [0.1, 0.15) is 12.5 Å². The Morgan fingerprint density at radius 1 is 1.50 bits per heavy atom. The first-order valence-electron chi connectivity index (χ1n) is 4.96. The number of hydrogen-bond acceptors (Lipinski definition) is 3. The number of rotatable bonds is 2. The number of fused-ring (bicyclic) bond motifs is 1. The van der Waals surface area contributed by atoms with Crippen LogP contribution < -0.4 is 9.47 Å². The van der Waals surface area contributed by atoms with Crippen LogP contribution >= 0.6 is 15.9 Å². The molecule has 0 unspecified atom stereocenters. The van der Waals surface area contributed by atoms with Gasteiger partial charge in [0, 0.05) is 17.5 Å². The molecule has 1 aromatic carbocycles. The number of allylic oxidation sites excluding steroid dienone is 1. The molecule has 1 N–H and O–H groups in total. The lowest BCUT2D eigenvalue weighted by atomic mass is 9.98. The smallest absolute Gasteiger partial charge is 0.134 e. The Kier molecular flexibility index (Phi) is 3.10. The van der Waals surface area contributed by atoms with E-state index in [1.807, 2.05) is 6.92 Å². The van der Waals surface area contributed by atoms with Gasteiger partial charge in [0.25, 0.3) is 0 Å². The van der Waals surface area contributed by atoms with Crippen molar-refractivity contribution in [3.63, 3.8) is 0 Å². The number of phenols is 1. The molecule has 1 heterocycles. The first-order valence-corrected chi connectivity index (χ1v) is 6.08. The molecule has 4 heteroatoms. The molecular formula is C12H13BrO3. The van der Waals surface area contributed by atoms with Crippen molar-refractivity contribution in [2.45, 2.75) is 6.92 Å². The molecule has 0 atom stereocenters. The number of phenolic OH excluding ortho intramolecular Hbond substituents is 1. The predicted molar refractivity (Wildman–Crippen MR) is 66.5 cm³/mol. The molecule has 16 heavy (non-hydrogen) atoms. The molecule has 1 aliphatic rings. The summed E-state index contributed by atoms with van der Waals surface area (Å²) in [6.45, 7) is 2.59. The molecule has 0 spiro atoms. The number of methoxy groups -OCH3 is 1. The average Bonchev–Trinajstić information content (AvgIpc) is 2.28. The van der Waals surface area contributed by atoms with Gasteiger partial charge in [-0.05, 0) is 18.1 Å². The van der Waals surface area contributed by atoms with Crippen molar-refractivity contribution in [1.82, 2.24) is 0 Å². The van der Waals surface area contributed by atoms with Crippen molar-refractivity contribution in [2.24, 2.45) is 0 Å². The highest BCUT2D eigenvalue weighted by Gasteiger charge is 2.22. The van der Waals surface area contributed by atoms with Crippen molar-refractivity contribution in [3.05, 3.63) is 23.3 Å². The summed E-state index contributed by atoms with van der Waals surface area (Å²) in [6.07, 6.45) is 0. The Balaban J connectivity index is 2.66. The van der Waals surface area contributed by atoms with Gasteiger partial charge in [-0.25, -0.2) is 0 Å². The minimum Gasteiger partial charge on any atom is -0.508 e. The Morgan fingerprint density at radius 3 is 2.88 bits per heavy atom. The topological polar surface area (TPSA) is 38.7 Å². The summed E-state index contributed by atoms with van der Waals surface area (Å²) in [5.74, 6) is 1.48. The Bertz CT molecular complexity index is 452. The quantitative estimate of drug-likeness (QED) is 0.849. The number of ether oxygens (including phenoxy) is 2. The third kappa shape index (κ3) is 1.78. The van der Waals surface area contributed by atoms with Gasteiger partial charge in [0.1, 0.15) is 23.9 Å². The largest absolute Gasteiger partial charge is 0.508 e. The minimum absolute atomic E-state index is 0.157. The molecular weight excluding hydrogens is 272 g/mol. The van der Waals surface area contributed by atoms with Crippen molar-refractivity contribution in [2.75, 3.05) is 19.0 Å². The van der Waals surface area contributed by atoms with Gasteiger partial charge in [0.2, 0.25) is 0 Å². The van der Waals surface area contributed by atoms with Gasteiger partial charge < -0.3 is 14.6 Å². The molecule has 0 amide bonds. The fourth-order valence-corrected chi connectivity index (χ4v) is 2.57. The number of alkyl halides is 1. The SMILES string of the molecule is COc1cc(O)cc2c1C(CBr)=C(C)CO2. The number of hydrogen-bond donors (Lipinski definition) is 1. The molecule has 0 saturated carbocycles. The molecule has 2 rings (SSSR count). The van der Waals surface area contributed by atoms with E-state index >= 15 is 0 Å². The third-order valence-electron chi connectivity index (χ3n) is 2.67. The Morgan fingerprint density at radius 2 is 2.25 bits per heavy atom. The van der Waals surface area contributed by atoms with Gasteiger partial charge in [-0.3, -0.25) is 0 Å². The summed E-state index contributed by atoms with van der Waals surface area (Å²) in [4.78, 5) is 0. The van der Waals surface area contributed by atoms with Crippen LogP contribution in [-0.4, -0.2) is 24.2 Å². The Hall–Kier alpha value is -1.16. The van der Waals surface area contributed by atoms with Gasteiger partial charge >= 0.3 is 0 Å². The van der Waals surface area contributed by atoms with Crippen LogP contribution in [0.2, 0.25) is 0 Å². The molecule has 1 aliphatic heterocycles. The van der Waals surface area contributed by atoms with E-state index in [1.165, 1.54) is 5.57 Å². The molecule has 86 valence electrons. The van der Waals surface area contributed by atoms with Crippen LogP contribution in [0.15, 0.2) is 17.7 Å². The fourth-order valence-electron chi connectivity index (χ4n) is 1.82. The lowest BCUT2D eigenvalue weighted by molar-refractivity contribution is 0.335. The highest BCUT2D eigenvalue weighted by Crippen LogP contribution is 2.42. The summed E-state index contributed by atoms with van der Waals surface area (Å²) in [5.41, 5.74) is 3.27. The van der Waals surface area contributed by atoms with Crippen LogP contribution in [0.25, 0.3) is 5.57 Å². The number of benzene rings is 1. The third-order valence-corrected chi connectivity index (χ3v) is 3.23. The maximum absolute atomic E-state index is 9.54. The van der Waals surface area contributed by atoms with E-state index in [2.05, 4.69) is 15.9 Å². The lowest BCUT2D eigenvalue weighted by Crippen LogP contribution is -2.11. The maximum Gasteiger partial charge on any atom is 0.134 e. The molecule has 3 nitrogen and oxygen atoms in total. The molecule has 0 fully saturated rings. The highest BCUT2D eigenvalue weighted by atomic mass is 79.9. The van der Waals surface area contributed by atoms with Crippen LogP contribution in [0.5, 0.6) is 17.2 Å². The zero-order valence-electron chi connectivity index (χ0n) is 9.21. The summed E-state index contributed by atoms with van der Waals surface area (Å²) >= 11 is 3.47. The predicted octanol–water partition coefficient (Wildman–Crippen LogP) is 2.96. The van der Waals surface area contributed by atoms with E-state index in [0.29, 0.717) is 18.1 Å². The van der Waals surface area contributed by atoms with Crippen LogP contribution in [0.3, 0.4) is 0 Å². The Labute approximate surface area is 103 Å². The van der Waals surface area contributed by atoms with Crippen molar-refractivity contribution in [3.8, 4) is 17.2 Å². The molecule has 0 aromatic heterocycles. The molecule has 0 aliphatic carbocycles.